The molecule has 1 amide bonds. The maximum atomic E-state index is 12.9. The average Bonchev–Trinajstić information content (AvgIpc) is 2.55. The zero-order chi connectivity index (χ0) is 17.1. The van der Waals surface area contributed by atoms with Crippen LogP contribution in [0.3, 0.4) is 0 Å². The summed E-state index contributed by atoms with van der Waals surface area (Å²) in [6, 6.07) is 5.47. The number of thioether (sulfide) groups is 1. The molecule has 0 aliphatic carbocycles. The summed E-state index contributed by atoms with van der Waals surface area (Å²) < 4.78 is 5.52. The van der Waals surface area contributed by atoms with Crippen molar-refractivity contribution < 1.29 is 14.3 Å². The highest BCUT2D eigenvalue weighted by Gasteiger charge is 2.40. The summed E-state index contributed by atoms with van der Waals surface area (Å²) in [6.07, 6.45) is 0.765. The van der Waals surface area contributed by atoms with E-state index in [2.05, 4.69) is 0 Å². The first kappa shape index (κ1) is 17.9. The molecule has 1 aliphatic rings. The number of aryl methyl sites for hydroxylation is 1. The summed E-state index contributed by atoms with van der Waals surface area (Å²) in [7, 11) is 1.64. The second-order valence-corrected chi connectivity index (χ2v) is 7.15. The molecule has 4 nitrogen and oxygen atoms in total. The van der Waals surface area contributed by atoms with Crippen LogP contribution in [-0.2, 0) is 9.59 Å². The summed E-state index contributed by atoms with van der Waals surface area (Å²) in [5, 5.41) is 0.0592. The SMILES string of the molecule is CC[C@@H](C)C(=O)N1[C@@H](C)C(=O)SC[C@H]1c1ccc(C)cc1OC. The summed E-state index contributed by atoms with van der Waals surface area (Å²) in [6.45, 7) is 7.75. The van der Waals surface area contributed by atoms with Crippen molar-refractivity contribution in [3.8, 4) is 5.75 Å². The van der Waals surface area contributed by atoms with Crippen LogP contribution in [-0.4, -0.2) is 34.8 Å². The summed E-state index contributed by atoms with van der Waals surface area (Å²) >= 11 is 1.30. The Kier molecular flexibility index (Phi) is 5.74. The third kappa shape index (κ3) is 3.55. The van der Waals surface area contributed by atoms with Crippen molar-refractivity contribution in [1.29, 1.82) is 0 Å². The molecule has 1 fully saturated rings. The minimum Gasteiger partial charge on any atom is -0.496 e. The van der Waals surface area contributed by atoms with Crippen LogP contribution < -0.4 is 4.74 Å². The molecule has 0 aromatic heterocycles. The van der Waals surface area contributed by atoms with Gasteiger partial charge in [-0.2, -0.15) is 0 Å². The van der Waals surface area contributed by atoms with Gasteiger partial charge >= 0.3 is 0 Å². The van der Waals surface area contributed by atoms with E-state index in [4.69, 9.17) is 4.74 Å². The van der Waals surface area contributed by atoms with Crippen LogP contribution >= 0.6 is 11.8 Å². The third-order valence-electron chi connectivity index (χ3n) is 4.51. The number of hydrogen-bond acceptors (Lipinski definition) is 4. The normalized spacial score (nSPS) is 22.8. The van der Waals surface area contributed by atoms with Crippen molar-refractivity contribution in [3.05, 3.63) is 29.3 Å². The highest BCUT2D eigenvalue weighted by Crippen LogP contribution is 2.39. The monoisotopic (exact) mass is 335 g/mol. The van der Waals surface area contributed by atoms with E-state index in [0.717, 1.165) is 23.3 Å². The molecule has 1 aromatic rings. The Morgan fingerprint density at radius 3 is 2.78 bits per heavy atom. The molecule has 0 radical (unpaired) electrons. The van der Waals surface area contributed by atoms with Crippen molar-refractivity contribution in [2.75, 3.05) is 12.9 Å². The van der Waals surface area contributed by atoms with E-state index in [1.54, 1.807) is 12.0 Å². The number of carbonyl (C=O) groups excluding carboxylic acids is 2. The maximum Gasteiger partial charge on any atom is 0.226 e. The predicted molar refractivity (Wildman–Crippen MR) is 93.7 cm³/mol. The fourth-order valence-corrected chi connectivity index (χ4v) is 3.87. The number of rotatable bonds is 4. The van der Waals surface area contributed by atoms with Gasteiger partial charge in [0, 0.05) is 17.2 Å². The summed E-state index contributed by atoms with van der Waals surface area (Å²) in [5.74, 6) is 1.30. The van der Waals surface area contributed by atoms with Gasteiger partial charge in [0.25, 0.3) is 0 Å². The van der Waals surface area contributed by atoms with Gasteiger partial charge in [-0.3, -0.25) is 9.59 Å². The lowest BCUT2D eigenvalue weighted by Gasteiger charge is -2.41. The Balaban J connectivity index is 2.45. The fourth-order valence-electron chi connectivity index (χ4n) is 2.85. The van der Waals surface area contributed by atoms with Gasteiger partial charge in [0.2, 0.25) is 11.0 Å². The number of methoxy groups -OCH3 is 1. The van der Waals surface area contributed by atoms with Crippen molar-refractivity contribution in [1.82, 2.24) is 4.90 Å². The van der Waals surface area contributed by atoms with Crippen LogP contribution in [0.1, 0.15) is 44.4 Å². The first-order chi connectivity index (χ1) is 10.9. The van der Waals surface area contributed by atoms with E-state index < -0.39 is 6.04 Å². The van der Waals surface area contributed by atoms with Crippen LogP contribution in [0.15, 0.2) is 18.2 Å². The van der Waals surface area contributed by atoms with Crippen molar-refractivity contribution >= 4 is 22.8 Å². The molecule has 1 aliphatic heterocycles. The second-order valence-electron chi connectivity index (χ2n) is 6.12. The smallest absolute Gasteiger partial charge is 0.226 e. The van der Waals surface area contributed by atoms with E-state index in [1.807, 2.05) is 45.9 Å². The lowest BCUT2D eigenvalue weighted by Crippen LogP contribution is -2.50. The summed E-state index contributed by atoms with van der Waals surface area (Å²) in [5.41, 5.74) is 2.08. The van der Waals surface area contributed by atoms with Crippen LogP contribution in [0.2, 0.25) is 0 Å². The summed E-state index contributed by atoms with van der Waals surface area (Å²) in [4.78, 5) is 26.8. The molecule has 2 rings (SSSR count). The number of hydrogen-bond donors (Lipinski definition) is 0. The topological polar surface area (TPSA) is 46.6 Å². The molecule has 126 valence electrons. The fraction of sp³-hybridized carbons (Fsp3) is 0.556. The molecule has 0 spiro atoms. The lowest BCUT2D eigenvalue weighted by molar-refractivity contribution is -0.143. The average molecular weight is 335 g/mol. The number of nitrogens with zero attached hydrogens (tertiary/aromatic N) is 1. The Labute approximate surface area is 142 Å². The van der Waals surface area contributed by atoms with E-state index in [1.165, 1.54) is 11.8 Å². The molecule has 3 atom stereocenters. The van der Waals surface area contributed by atoms with Crippen molar-refractivity contribution in [3.63, 3.8) is 0 Å². The van der Waals surface area contributed by atoms with E-state index >= 15 is 0 Å². The molecule has 1 aromatic carbocycles. The molecule has 5 heteroatoms. The van der Waals surface area contributed by atoms with Crippen LogP contribution in [0.4, 0.5) is 0 Å². The van der Waals surface area contributed by atoms with Gasteiger partial charge < -0.3 is 9.64 Å². The molecule has 0 bridgehead atoms. The third-order valence-corrected chi connectivity index (χ3v) is 5.62. The Hall–Kier alpha value is -1.49. The quantitative estimate of drug-likeness (QED) is 0.844. The molecular weight excluding hydrogens is 310 g/mol. The highest BCUT2D eigenvalue weighted by molar-refractivity contribution is 8.13. The standard InChI is InChI=1S/C18H25NO3S/c1-6-12(3)17(20)19-13(4)18(21)23-10-15(19)14-8-7-11(2)9-16(14)22-5/h7-9,12-13,15H,6,10H2,1-5H3/t12-,13+,15+/m1/s1. The molecular formula is C18H25NO3S. The Morgan fingerprint density at radius 1 is 1.48 bits per heavy atom. The van der Waals surface area contributed by atoms with Gasteiger partial charge in [0.05, 0.1) is 19.2 Å². The first-order valence-electron chi connectivity index (χ1n) is 8.04. The molecule has 0 saturated carbocycles. The predicted octanol–water partition coefficient (Wildman–Crippen LogP) is 3.58. The number of amides is 1. The van der Waals surface area contributed by atoms with Crippen LogP contribution in [0.25, 0.3) is 0 Å². The Bertz CT molecular complexity index is 602. The minimum atomic E-state index is -0.411. The molecule has 0 N–H and O–H groups in total. The van der Waals surface area contributed by atoms with E-state index in [-0.39, 0.29) is 23.0 Å². The number of ether oxygens (including phenoxy) is 1. The maximum absolute atomic E-state index is 12.9. The van der Waals surface area contributed by atoms with Gasteiger partial charge in [-0.1, -0.05) is 37.7 Å². The molecule has 1 saturated heterocycles. The van der Waals surface area contributed by atoms with E-state index in [9.17, 15) is 9.59 Å². The molecule has 1 heterocycles. The first-order valence-corrected chi connectivity index (χ1v) is 9.02. The minimum absolute atomic E-state index is 0.0429. The van der Waals surface area contributed by atoms with Gasteiger partial charge in [-0.15, -0.1) is 0 Å². The van der Waals surface area contributed by atoms with Gasteiger partial charge in [0.1, 0.15) is 5.75 Å². The Morgan fingerprint density at radius 2 is 2.17 bits per heavy atom. The van der Waals surface area contributed by atoms with Crippen molar-refractivity contribution in [2.24, 2.45) is 5.92 Å². The molecule has 23 heavy (non-hydrogen) atoms. The zero-order valence-corrected chi connectivity index (χ0v) is 15.3. The number of benzene rings is 1. The van der Waals surface area contributed by atoms with Gasteiger partial charge in [0.15, 0.2) is 0 Å². The van der Waals surface area contributed by atoms with Crippen LogP contribution in [0.5, 0.6) is 5.75 Å². The molecule has 0 unspecified atom stereocenters. The van der Waals surface area contributed by atoms with Gasteiger partial charge in [-0.25, -0.2) is 0 Å². The van der Waals surface area contributed by atoms with Gasteiger partial charge in [-0.05, 0) is 31.9 Å². The van der Waals surface area contributed by atoms with Crippen molar-refractivity contribution in [2.45, 2.75) is 46.2 Å². The largest absolute Gasteiger partial charge is 0.496 e. The van der Waals surface area contributed by atoms with E-state index in [0.29, 0.717) is 5.75 Å². The number of carbonyl (C=O) groups is 2. The second kappa shape index (κ2) is 7.39. The zero-order valence-electron chi connectivity index (χ0n) is 14.5. The highest BCUT2D eigenvalue weighted by atomic mass is 32.2. The lowest BCUT2D eigenvalue weighted by atomic mass is 9.98. The van der Waals surface area contributed by atoms with Crippen LogP contribution in [0, 0.1) is 12.8 Å².